The number of anilines is 1. The van der Waals surface area contributed by atoms with Crippen molar-refractivity contribution in [2.24, 2.45) is 5.92 Å². The predicted molar refractivity (Wildman–Crippen MR) is 97.3 cm³/mol. The number of rotatable bonds is 1. The zero-order chi connectivity index (χ0) is 17.0. The second-order valence-electron chi connectivity index (χ2n) is 6.58. The lowest BCUT2D eigenvalue weighted by atomic mass is 10.0. The highest BCUT2D eigenvalue weighted by molar-refractivity contribution is 6.04. The van der Waals surface area contributed by atoms with Crippen LogP contribution in [0.5, 0.6) is 5.88 Å². The fraction of sp³-hybridized carbons (Fsp3) is 0.211. The molecule has 1 aliphatic heterocycles. The van der Waals surface area contributed by atoms with Gasteiger partial charge in [-0.15, -0.1) is 0 Å². The van der Waals surface area contributed by atoms with Gasteiger partial charge in [-0.25, -0.2) is 9.97 Å². The summed E-state index contributed by atoms with van der Waals surface area (Å²) in [5.41, 5.74) is 9.89. The van der Waals surface area contributed by atoms with Crippen LogP contribution in [0.3, 0.4) is 0 Å². The Morgan fingerprint density at radius 1 is 1.20 bits per heavy atom. The van der Waals surface area contributed by atoms with E-state index < -0.39 is 0 Å². The number of hydrogen-bond donors (Lipinski definition) is 1. The molecule has 1 aliphatic rings. The molecule has 6 nitrogen and oxygen atoms in total. The second kappa shape index (κ2) is 5.17. The summed E-state index contributed by atoms with van der Waals surface area (Å²) in [6.45, 7) is 3.69. The van der Waals surface area contributed by atoms with Crippen molar-refractivity contribution in [1.29, 1.82) is 0 Å². The van der Waals surface area contributed by atoms with Gasteiger partial charge in [0.1, 0.15) is 17.8 Å². The van der Waals surface area contributed by atoms with E-state index in [4.69, 9.17) is 10.5 Å². The third kappa shape index (κ3) is 2.07. The monoisotopic (exact) mass is 331 g/mol. The van der Waals surface area contributed by atoms with E-state index in [1.165, 1.54) is 6.33 Å². The smallest absolute Gasteiger partial charge is 0.204 e. The maximum atomic E-state index is 6.21. The summed E-state index contributed by atoms with van der Waals surface area (Å²) in [7, 11) is 0. The summed E-state index contributed by atoms with van der Waals surface area (Å²) in [6, 6.07) is 10.2. The molecular weight excluding hydrogens is 314 g/mol. The Balaban J connectivity index is 1.85. The van der Waals surface area contributed by atoms with Crippen LogP contribution in [0, 0.1) is 5.92 Å². The minimum atomic E-state index is 0.418. The van der Waals surface area contributed by atoms with Gasteiger partial charge >= 0.3 is 0 Å². The fourth-order valence-corrected chi connectivity index (χ4v) is 3.55. The van der Waals surface area contributed by atoms with E-state index in [0.29, 0.717) is 18.3 Å². The van der Waals surface area contributed by atoms with E-state index in [9.17, 15) is 0 Å². The molecule has 0 aliphatic carbocycles. The predicted octanol–water partition coefficient (Wildman–Crippen LogP) is 3.26. The van der Waals surface area contributed by atoms with Crippen molar-refractivity contribution >= 4 is 27.8 Å². The molecule has 3 aromatic heterocycles. The Bertz CT molecular complexity index is 1120. The number of fused-ring (bicyclic) bond motifs is 4. The van der Waals surface area contributed by atoms with Gasteiger partial charge in [0.25, 0.3) is 0 Å². The Morgan fingerprint density at radius 2 is 2.08 bits per heavy atom. The molecule has 5 rings (SSSR count). The van der Waals surface area contributed by atoms with Crippen LogP contribution >= 0.6 is 0 Å². The minimum Gasteiger partial charge on any atom is -0.478 e. The Labute approximate surface area is 144 Å². The van der Waals surface area contributed by atoms with E-state index in [0.717, 1.165) is 45.5 Å². The average molecular weight is 331 g/mol. The quantitative estimate of drug-likeness (QED) is 0.579. The van der Waals surface area contributed by atoms with Gasteiger partial charge in [0.15, 0.2) is 0 Å². The minimum absolute atomic E-state index is 0.418. The highest BCUT2D eigenvalue weighted by atomic mass is 16.5. The van der Waals surface area contributed by atoms with E-state index in [2.05, 4.69) is 38.6 Å². The number of nitrogen functional groups attached to an aromatic ring is 1. The number of pyridine rings is 1. The number of nitrogens with two attached hydrogens (primary N) is 1. The molecule has 0 spiro atoms. The third-order valence-corrected chi connectivity index (χ3v) is 4.70. The Hall–Kier alpha value is -3.15. The van der Waals surface area contributed by atoms with Gasteiger partial charge in [0.05, 0.1) is 23.1 Å². The highest BCUT2D eigenvalue weighted by Crippen LogP contribution is 2.43. The Morgan fingerprint density at radius 3 is 3.00 bits per heavy atom. The number of aromatic nitrogens is 4. The Kier molecular flexibility index (Phi) is 2.94. The van der Waals surface area contributed by atoms with Crippen LogP contribution in [0.15, 0.2) is 42.9 Å². The number of benzene rings is 1. The van der Waals surface area contributed by atoms with Crippen molar-refractivity contribution in [1.82, 2.24) is 19.5 Å². The van der Waals surface area contributed by atoms with Crippen molar-refractivity contribution in [3.05, 3.63) is 42.9 Å². The van der Waals surface area contributed by atoms with E-state index in [-0.39, 0.29) is 0 Å². The summed E-state index contributed by atoms with van der Waals surface area (Å²) in [6.07, 6.45) is 3.37. The normalized spacial score (nSPS) is 16.8. The highest BCUT2D eigenvalue weighted by Gasteiger charge is 2.28. The van der Waals surface area contributed by atoms with Crippen LogP contribution in [0.4, 0.5) is 5.82 Å². The molecule has 0 saturated carbocycles. The molecule has 4 heterocycles. The van der Waals surface area contributed by atoms with Crippen molar-refractivity contribution in [3.8, 4) is 17.0 Å². The third-order valence-electron chi connectivity index (χ3n) is 4.70. The maximum absolute atomic E-state index is 6.21. The zero-order valence-corrected chi connectivity index (χ0v) is 13.8. The maximum Gasteiger partial charge on any atom is 0.204 e. The first-order valence-electron chi connectivity index (χ1n) is 8.33. The molecule has 1 unspecified atom stereocenters. The zero-order valence-electron chi connectivity index (χ0n) is 13.8. The van der Waals surface area contributed by atoms with Crippen molar-refractivity contribution in [2.75, 3.05) is 12.3 Å². The molecule has 0 bridgehead atoms. The first kappa shape index (κ1) is 14.2. The lowest BCUT2D eigenvalue weighted by Crippen LogP contribution is -2.22. The van der Waals surface area contributed by atoms with Crippen LogP contribution in [0.2, 0.25) is 0 Å². The molecule has 1 aromatic carbocycles. The van der Waals surface area contributed by atoms with Gasteiger partial charge in [-0.05, 0) is 12.1 Å². The van der Waals surface area contributed by atoms with Crippen LogP contribution in [0.25, 0.3) is 33.1 Å². The van der Waals surface area contributed by atoms with Crippen LogP contribution in [-0.2, 0) is 6.54 Å². The molecule has 0 radical (unpaired) electrons. The van der Waals surface area contributed by atoms with Crippen LogP contribution < -0.4 is 10.5 Å². The molecular formula is C19H17N5O. The molecule has 4 aromatic rings. The van der Waals surface area contributed by atoms with Crippen LogP contribution in [0.1, 0.15) is 6.92 Å². The number of para-hydroxylation sites is 1. The SMILES string of the molecule is CC1COc2c(-c3cnc4ccccc4c3)c3c(N)ncnc3n2C1. The van der Waals surface area contributed by atoms with Gasteiger partial charge in [-0.1, -0.05) is 25.1 Å². The molecule has 124 valence electrons. The fourth-order valence-electron chi connectivity index (χ4n) is 3.55. The average Bonchev–Trinajstić information content (AvgIpc) is 2.96. The lowest BCUT2D eigenvalue weighted by molar-refractivity contribution is 0.189. The van der Waals surface area contributed by atoms with Crippen molar-refractivity contribution in [3.63, 3.8) is 0 Å². The summed E-state index contributed by atoms with van der Waals surface area (Å²) < 4.78 is 8.19. The number of nitrogens with zero attached hydrogens (tertiary/aromatic N) is 4. The molecule has 0 fully saturated rings. The topological polar surface area (TPSA) is 78.8 Å². The molecule has 0 saturated heterocycles. The van der Waals surface area contributed by atoms with E-state index in [1.54, 1.807) is 0 Å². The molecule has 6 heteroatoms. The van der Waals surface area contributed by atoms with Crippen LogP contribution in [-0.4, -0.2) is 26.1 Å². The van der Waals surface area contributed by atoms with Gasteiger partial charge in [-0.2, -0.15) is 0 Å². The number of hydrogen-bond acceptors (Lipinski definition) is 5. The number of ether oxygens (including phenoxy) is 1. The van der Waals surface area contributed by atoms with Gasteiger partial charge in [-0.3, -0.25) is 9.55 Å². The summed E-state index contributed by atoms with van der Waals surface area (Å²) >= 11 is 0. The lowest BCUT2D eigenvalue weighted by Gasteiger charge is -2.23. The van der Waals surface area contributed by atoms with Crippen molar-refractivity contribution < 1.29 is 4.74 Å². The first-order valence-corrected chi connectivity index (χ1v) is 8.33. The van der Waals surface area contributed by atoms with E-state index in [1.807, 2.05) is 24.4 Å². The standard InChI is InChI=1S/C19H17N5O/c1-11-8-24-18-16(17(20)22-10-23-18)15(19(24)25-9-11)13-6-12-4-2-3-5-14(12)21-7-13/h2-7,10-11H,8-9H2,1H3,(H2,20,22,23). The first-order chi connectivity index (χ1) is 12.2. The van der Waals surface area contributed by atoms with Gasteiger partial charge in [0, 0.05) is 29.6 Å². The molecule has 25 heavy (non-hydrogen) atoms. The summed E-state index contributed by atoms with van der Waals surface area (Å²) in [5, 5.41) is 1.91. The second-order valence-corrected chi connectivity index (χ2v) is 6.58. The van der Waals surface area contributed by atoms with Gasteiger partial charge in [0.2, 0.25) is 5.88 Å². The largest absolute Gasteiger partial charge is 0.478 e. The van der Waals surface area contributed by atoms with Crippen molar-refractivity contribution in [2.45, 2.75) is 13.5 Å². The molecule has 0 amide bonds. The summed E-state index contributed by atoms with van der Waals surface area (Å²) in [5.74, 6) is 1.69. The van der Waals surface area contributed by atoms with E-state index >= 15 is 0 Å². The molecule has 2 N–H and O–H groups in total. The summed E-state index contributed by atoms with van der Waals surface area (Å²) in [4.78, 5) is 13.3. The van der Waals surface area contributed by atoms with Gasteiger partial charge < -0.3 is 10.5 Å². The molecule has 1 atom stereocenters.